The maximum absolute atomic E-state index is 14.9. The highest BCUT2D eigenvalue weighted by molar-refractivity contribution is 5.84. The van der Waals surface area contributed by atoms with Crippen molar-refractivity contribution in [3.63, 3.8) is 0 Å². The van der Waals surface area contributed by atoms with Crippen LogP contribution >= 0.6 is 0 Å². The van der Waals surface area contributed by atoms with Crippen LogP contribution in [0.25, 0.3) is 0 Å². The fraction of sp³-hybridized carbons (Fsp3) is 0.440. The molecule has 6 nitrogen and oxygen atoms in total. The maximum Gasteiger partial charge on any atom is 0.277 e. The van der Waals surface area contributed by atoms with Gasteiger partial charge in [0, 0.05) is 23.3 Å². The van der Waals surface area contributed by atoms with E-state index < -0.39 is 5.91 Å². The lowest BCUT2D eigenvalue weighted by Gasteiger charge is -2.47. The molecule has 172 valence electrons. The molecule has 1 heterocycles. The largest absolute Gasteiger partial charge is 0.493 e. The average Bonchev–Trinajstić information content (AvgIpc) is 2.75. The van der Waals surface area contributed by atoms with Gasteiger partial charge in [-0.15, -0.1) is 0 Å². The Morgan fingerprint density at radius 2 is 2.03 bits per heavy atom. The van der Waals surface area contributed by atoms with Gasteiger partial charge in [-0.05, 0) is 62.4 Å². The van der Waals surface area contributed by atoms with Crippen LogP contribution in [-0.2, 0) is 4.79 Å². The molecule has 0 fully saturated rings. The first kappa shape index (κ1) is 23.6. The second kappa shape index (κ2) is 10.0. The van der Waals surface area contributed by atoms with Gasteiger partial charge in [-0.1, -0.05) is 26.0 Å². The third-order valence-corrected chi connectivity index (χ3v) is 5.77. The first-order chi connectivity index (χ1) is 15.3. The van der Waals surface area contributed by atoms with Crippen molar-refractivity contribution in [2.75, 3.05) is 25.2 Å². The summed E-state index contributed by atoms with van der Waals surface area (Å²) < 4.78 is 25.5. The van der Waals surface area contributed by atoms with Crippen molar-refractivity contribution in [3.05, 3.63) is 53.3 Å². The van der Waals surface area contributed by atoms with Crippen LogP contribution in [0.15, 0.2) is 41.5 Å². The van der Waals surface area contributed by atoms with Crippen LogP contribution in [0.4, 0.5) is 10.1 Å². The van der Waals surface area contributed by atoms with Crippen LogP contribution in [-0.4, -0.2) is 37.9 Å². The van der Waals surface area contributed by atoms with Crippen molar-refractivity contribution in [2.45, 2.75) is 52.0 Å². The van der Waals surface area contributed by atoms with Crippen molar-refractivity contribution < 1.29 is 18.7 Å². The molecule has 0 aliphatic carbocycles. The summed E-state index contributed by atoms with van der Waals surface area (Å²) in [5.41, 5.74) is 4.75. The fourth-order valence-corrected chi connectivity index (χ4v) is 4.35. The van der Waals surface area contributed by atoms with Gasteiger partial charge in [0.2, 0.25) is 0 Å². The van der Waals surface area contributed by atoms with Crippen LogP contribution in [0.2, 0.25) is 0 Å². The van der Waals surface area contributed by atoms with Crippen LogP contribution in [0.5, 0.6) is 11.5 Å². The van der Waals surface area contributed by atoms with E-state index in [1.807, 2.05) is 12.1 Å². The van der Waals surface area contributed by atoms with E-state index in [1.54, 1.807) is 24.3 Å². The summed E-state index contributed by atoms with van der Waals surface area (Å²) in [6, 6.07) is 10.5. The molecule has 0 saturated heterocycles. The highest BCUT2D eigenvalue weighted by Gasteiger charge is 2.36. The smallest absolute Gasteiger partial charge is 0.277 e. The van der Waals surface area contributed by atoms with Gasteiger partial charge < -0.3 is 14.4 Å². The summed E-state index contributed by atoms with van der Waals surface area (Å²) >= 11 is 0. The summed E-state index contributed by atoms with van der Waals surface area (Å²) in [5.74, 6) is 0.482. The van der Waals surface area contributed by atoms with Crippen molar-refractivity contribution >= 4 is 17.8 Å². The van der Waals surface area contributed by atoms with Crippen LogP contribution in [0.3, 0.4) is 0 Å². The zero-order chi connectivity index (χ0) is 23.3. The van der Waals surface area contributed by atoms with Crippen molar-refractivity contribution in [3.8, 4) is 11.5 Å². The number of halogens is 1. The molecule has 32 heavy (non-hydrogen) atoms. The van der Waals surface area contributed by atoms with Crippen molar-refractivity contribution in [2.24, 2.45) is 5.10 Å². The Morgan fingerprint density at radius 1 is 1.31 bits per heavy atom. The molecule has 1 aliphatic heterocycles. The highest BCUT2D eigenvalue weighted by atomic mass is 19.1. The summed E-state index contributed by atoms with van der Waals surface area (Å²) in [6.07, 6.45) is 3.32. The molecule has 3 rings (SSSR count). The molecule has 0 saturated carbocycles. The number of carbonyl (C=O) groups is 1. The average molecular weight is 442 g/mol. The molecule has 2 aromatic rings. The van der Waals surface area contributed by atoms with Gasteiger partial charge in [-0.3, -0.25) is 4.79 Å². The number of fused-ring (bicyclic) bond motifs is 1. The number of nitrogens with zero attached hydrogens (tertiary/aromatic N) is 2. The van der Waals surface area contributed by atoms with Gasteiger partial charge in [0.15, 0.2) is 18.1 Å². The standard InChI is InChI=1S/C25H32FN3O3/c1-6-11-29-21-13-20(26)18(12-19(21)17(2)14-25(29,3)4)15-27-28-24(30)16-32-23-10-8-7-9-22(23)31-5/h7-10,12-13,15,17H,6,11,14,16H2,1-5H3,(H,28,30)/b27-15+. The minimum atomic E-state index is -0.449. The number of rotatable bonds is 8. The van der Waals surface area contributed by atoms with E-state index in [4.69, 9.17) is 9.47 Å². The normalized spacial score (nSPS) is 17.2. The lowest BCUT2D eigenvalue weighted by atomic mass is 9.79. The number of hydrogen-bond donors (Lipinski definition) is 1. The Kier molecular flexibility index (Phi) is 7.38. The van der Waals surface area contributed by atoms with Crippen LogP contribution in [0.1, 0.15) is 57.6 Å². The number of hydrogen-bond acceptors (Lipinski definition) is 5. The molecule has 1 unspecified atom stereocenters. The molecule has 0 aromatic heterocycles. The number of benzene rings is 2. The molecular weight excluding hydrogens is 409 g/mol. The Bertz CT molecular complexity index is 990. The molecule has 1 amide bonds. The second-order valence-corrected chi connectivity index (χ2v) is 8.73. The van der Waals surface area contributed by atoms with Gasteiger partial charge in [0.05, 0.1) is 13.3 Å². The Morgan fingerprint density at radius 3 is 2.72 bits per heavy atom. The Labute approximate surface area is 189 Å². The molecule has 7 heteroatoms. The van der Waals surface area contributed by atoms with E-state index in [0.717, 1.165) is 30.6 Å². The first-order valence-electron chi connectivity index (χ1n) is 11.0. The van der Waals surface area contributed by atoms with Gasteiger partial charge in [0.25, 0.3) is 5.91 Å². The van der Waals surface area contributed by atoms with Crippen molar-refractivity contribution in [1.29, 1.82) is 0 Å². The molecule has 1 atom stereocenters. The number of anilines is 1. The molecule has 1 aliphatic rings. The third kappa shape index (κ3) is 5.21. The second-order valence-electron chi connectivity index (χ2n) is 8.73. The topological polar surface area (TPSA) is 63.2 Å². The Hall–Kier alpha value is -3.09. The summed E-state index contributed by atoms with van der Waals surface area (Å²) in [6.45, 7) is 9.35. The molecular formula is C25H32FN3O3. The van der Waals surface area contributed by atoms with E-state index >= 15 is 0 Å². The lowest BCUT2D eigenvalue weighted by Crippen LogP contribution is -2.48. The monoisotopic (exact) mass is 441 g/mol. The number of hydrazone groups is 1. The van der Waals surface area contributed by atoms with Gasteiger partial charge in [0.1, 0.15) is 5.82 Å². The highest BCUT2D eigenvalue weighted by Crippen LogP contribution is 2.44. The van der Waals surface area contributed by atoms with Crippen LogP contribution < -0.4 is 19.8 Å². The molecule has 1 N–H and O–H groups in total. The van der Waals surface area contributed by atoms with Gasteiger partial charge in [-0.25, -0.2) is 9.82 Å². The quantitative estimate of drug-likeness (QED) is 0.469. The van der Waals surface area contributed by atoms with Crippen LogP contribution in [0, 0.1) is 5.82 Å². The Balaban J connectivity index is 1.69. The minimum absolute atomic E-state index is 0.0279. The number of ether oxygens (including phenoxy) is 2. The SMILES string of the molecule is CCCN1c2cc(F)c(/C=N/NC(=O)COc3ccccc3OC)cc2C(C)CC1(C)C. The van der Waals surface area contributed by atoms with E-state index in [-0.39, 0.29) is 18.0 Å². The minimum Gasteiger partial charge on any atom is -0.493 e. The number of methoxy groups -OCH3 is 1. The number of amides is 1. The number of nitrogens with one attached hydrogen (secondary N) is 1. The predicted octanol–water partition coefficient (Wildman–Crippen LogP) is 4.87. The van der Waals surface area contributed by atoms with E-state index in [1.165, 1.54) is 13.3 Å². The molecule has 0 bridgehead atoms. The summed E-state index contributed by atoms with van der Waals surface area (Å²) in [5, 5.41) is 3.93. The maximum atomic E-state index is 14.9. The fourth-order valence-electron chi connectivity index (χ4n) is 4.35. The molecule has 2 aromatic carbocycles. The zero-order valence-corrected chi connectivity index (χ0v) is 19.4. The number of para-hydroxylation sites is 2. The van der Waals surface area contributed by atoms with E-state index in [9.17, 15) is 9.18 Å². The van der Waals surface area contributed by atoms with Gasteiger partial charge in [-0.2, -0.15) is 5.10 Å². The van der Waals surface area contributed by atoms with E-state index in [0.29, 0.717) is 23.0 Å². The molecule has 0 radical (unpaired) electrons. The number of carbonyl (C=O) groups excluding carboxylic acids is 1. The predicted molar refractivity (Wildman–Crippen MR) is 125 cm³/mol. The summed E-state index contributed by atoms with van der Waals surface area (Å²) in [4.78, 5) is 14.4. The summed E-state index contributed by atoms with van der Waals surface area (Å²) in [7, 11) is 1.53. The third-order valence-electron chi connectivity index (χ3n) is 5.77. The van der Waals surface area contributed by atoms with E-state index in [2.05, 4.69) is 43.1 Å². The van der Waals surface area contributed by atoms with Gasteiger partial charge >= 0.3 is 0 Å². The zero-order valence-electron chi connectivity index (χ0n) is 19.4. The molecule has 0 spiro atoms. The first-order valence-corrected chi connectivity index (χ1v) is 11.0. The lowest BCUT2D eigenvalue weighted by molar-refractivity contribution is -0.123. The van der Waals surface area contributed by atoms with Crippen molar-refractivity contribution in [1.82, 2.24) is 5.43 Å².